The van der Waals surface area contributed by atoms with Gasteiger partial charge in [0.15, 0.2) is 0 Å². The van der Waals surface area contributed by atoms with E-state index in [-0.39, 0.29) is 35.8 Å². The van der Waals surface area contributed by atoms with E-state index in [1.54, 1.807) is 0 Å². The average molecular weight is 456 g/mol. The number of amides is 1. The number of benzene rings is 2. The normalized spacial score (nSPS) is 22.2. The number of hydrogen-bond acceptors (Lipinski definition) is 6. The molecule has 31 heavy (non-hydrogen) atoms. The molecule has 1 fully saturated rings. The number of sulfonamides is 1. The highest BCUT2D eigenvalue weighted by Crippen LogP contribution is 2.32. The van der Waals surface area contributed by atoms with Gasteiger partial charge in [0.2, 0.25) is 10.0 Å². The maximum atomic E-state index is 13.7. The van der Waals surface area contributed by atoms with Crippen molar-refractivity contribution in [2.45, 2.75) is 42.9 Å². The first kappa shape index (κ1) is 23.1. The molecule has 1 saturated heterocycles. The van der Waals surface area contributed by atoms with Gasteiger partial charge < -0.3 is 9.84 Å². The topological polar surface area (TPSA) is 116 Å². The molecule has 1 heterocycles. The molecule has 0 unspecified atom stereocenters. The second-order valence-corrected chi connectivity index (χ2v) is 9.34. The van der Waals surface area contributed by atoms with E-state index in [4.69, 9.17) is 9.94 Å². The molecule has 2 atom stereocenters. The van der Waals surface area contributed by atoms with Gasteiger partial charge in [-0.2, -0.15) is 4.31 Å². The standard InChI is InChI=1S/C20H22F2N2O6S/c1-20(26)9-2-10-24(18(20)19(25)23-27)31(28,29)16-7-5-15(6-8-16)30-12-13-3-4-14(21)11-17(13)22/h3-8,11,18,26-27H,2,9-10,12H2,1H3,(H,23,25)/t18-,20+/m0/s1. The quantitative estimate of drug-likeness (QED) is 0.452. The van der Waals surface area contributed by atoms with Crippen molar-refractivity contribution in [3.8, 4) is 5.75 Å². The van der Waals surface area contributed by atoms with Crippen LogP contribution in [0, 0.1) is 11.6 Å². The van der Waals surface area contributed by atoms with Gasteiger partial charge in [0.05, 0.1) is 10.5 Å². The van der Waals surface area contributed by atoms with E-state index >= 15 is 0 Å². The molecule has 3 N–H and O–H groups in total. The first-order valence-electron chi connectivity index (χ1n) is 9.41. The number of carbonyl (C=O) groups is 1. The molecule has 1 amide bonds. The van der Waals surface area contributed by atoms with E-state index in [1.165, 1.54) is 42.7 Å². The summed E-state index contributed by atoms with van der Waals surface area (Å²) in [5.74, 6) is -2.25. The molecule has 8 nitrogen and oxygen atoms in total. The Bertz CT molecular complexity index is 1060. The number of halogens is 2. The number of nitrogens with one attached hydrogen (secondary N) is 1. The third kappa shape index (κ3) is 4.85. The van der Waals surface area contributed by atoms with Crippen LogP contribution in [0.15, 0.2) is 47.4 Å². The average Bonchev–Trinajstić information content (AvgIpc) is 2.72. The summed E-state index contributed by atoms with van der Waals surface area (Å²) in [6.45, 7) is 1.13. The van der Waals surface area contributed by atoms with E-state index in [0.29, 0.717) is 6.42 Å². The van der Waals surface area contributed by atoms with E-state index in [2.05, 4.69) is 0 Å². The highest BCUT2D eigenvalue weighted by molar-refractivity contribution is 7.89. The molecule has 11 heteroatoms. The molecule has 0 saturated carbocycles. The lowest BCUT2D eigenvalue weighted by atomic mass is 9.87. The zero-order chi connectivity index (χ0) is 22.8. The van der Waals surface area contributed by atoms with Crippen molar-refractivity contribution in [1.29, 1.82) is 0 Å². The smallest absolute Gasteiger partial charge is 0.264 e. The van der Waals surface area contributed by atoms with Crippen molar-refractivity contribution in [3.05, 3.63) is 59.7 Å². The lowest BCUT2D eigenvalue weighted by Gasteiger charge is -2.42. The Labute approximate surface area is 178 Å². The van der Waals surface area contributed by atoms with Crippen LogP contribution >= 0.6 is 0 Å². The summed E-state index contributed by atoms with van der Waals surface area (Å²) in [7, 11) is -4.19. The number of piperidine rings is 1. The fourth-order valence-corrected chi connectivity index (χ4v) is 5.27. The second kappa shape index (κ2) is 8.87. The van der Waals surface area contributed by atoms with Crippen molar-refractivity contribution in [2.75, 3.05) is 6.54 Å². The summed E-state index contributed by atoms with van der Waals surface area (Å²) in [4.78, 5) is 11.9. The van der Waals surface area contributed by atoms with Crippen LogP contribution in [0.5, 0.6) is 5.75 Å². The number of hydroxylamine groups is 1. The molecule has 168 valence electrons. The Balaban J connectivity index is 1.79. The van der Waals surface area contributed by atoms with Crippen LogP contribution in [0.25, 0.3) is 0 Å². The van der Waals surface area contributed by atoms with E-state index in [9.17, 15) is 27.1 Å². The zero-order valence-corrected chi connectivity index (χ0v) is 17.4. The lowest BCUT2D eigenvalue weighted by molar-refractivity contribution is -0.144. The Morgan fingerprint density at radius 2 is 1.94 bits per heavy atom. The fraction of sp³-hybridized carbons (Fsp3) is 0.350. The van der Waals surface area contributed by atoms with Gasteiger partial charge in [-0.1, -0.05) is 0 Å². The fourth-order valence-electron chi connectivity index (χ4n) is 3.55. The van der Waals surface area contributed by atoms with Crippen molar-refractivity contribution in [2.24, 2.45) is 0 Å². The molecule has 0 spiro atoms. The number of aliphatic hydroxyl groups is 1. The molecule has 2 aromatic rings. The number of ether oxygens (including phenoxy) is 1. The summed E-state index contributed by atoms with van der Waals surface area (Å²) >= 11 is 0. The molecule has 2 aromatic carbocycles. The van der Waals surface area contributed by atoms with Crippen LogP contribution in [-0.4, -0.2) is 47.1 Å². The third-order valence-corrected chi connectivity index (χ3v) is 7.02. The monoisotopic (exact) mass is 456 g/mol. The van der Waals surface area contributed by atoms with Crippen molar-refractivity contribution in [1.82, 2.24) is 9.79 Å². The van der Waals surface area contributed by atoms with Crippen molar-refractivity contribution < 1.29 is 37.0 Å². The van der Waals surface area contributed by atoms with Crippen LogP contribution in [-0.2, 0) is 21.4 Å². The highest BCUT2D eigenvalue weighted by Gasteiger charge is 2.49. The minimum atomic E-state index is -4.19. The predicted molar refractivity (Wildman–Crippen MR) is 105 cm³/mol. The zero-order valence-electron chi connectivity index (χ0n) is 16.6. The van der Waals surface area contributed by atoms with Gasteiger partial charge in [-0.3, -0.25) is 10.0 Å². The second-order valence-electron chi connectivity index (χ2n) is 7.45. The maximum Gasteiger partial charge on any atom is 0.264 e. The molecule has 1 aliphatic heterocycles. The molecular formula is C20H22F2N2O6S. The van der Waals surface area contributed by atoms with E-state index in [1.807, 2.05) is 0 Å². The third-order valence-electron chi connectivity index (χ3n) is 5.14. The van der Waals surface area contributed by atoms with Gasteiger partial charge in [-0.05, 0) is 56.2 Å². The number of carbonyl (C=O) groups excluding carboxylic acids is 1. The first-order chi connectivity index (χ1) is 14.6. The molecule has 0 aromatic heterocycles. The molecule has 1 aliphatic rings. The number of nitrogens with zero attached hydrogens (tertiary/aromatic N) is 1. The Morgan fingerprint density at radius 1 is 1.26 bits per heavy atom. The van der Waals surface area contributed by atoms with E-state index in [0.717, 1.165) is 16.4 Å². The minimum Gasteiger partial charge on any atom is -0.489 e. The summed E-state index contributed by atoms with van der Waals surface area (Å²) in [5.41, 5.74) is -0.121. The van der Waals surface area contributed by atoms with E-state index < -0.39 is 39.2 Å². The molecule has 3 rings (SSSR count). The Morgan fingerprint density at radius 3 is 2.55 bits per heavy atom. The lowest BCUT2D eigenvalue weighted by Crippen LogP contribution is -2.62. The summed E-state index contributed by atoms with van der Waals surface area (Å²) in [5, 5.41) is 19.5. The SMILES string of the molecule is C[C@@]1(O)CCCN(S(=O)(=O)c2ccc(OCc3ccc(F)cc3F)cc2)[C@H]1C(=O)NO. The van der Waals surface area contributed by atoms with Gasteiger partial charge >= 0.3 is 0 Å². The van der Waals surface area contributed by atoms with Gasteiger partial charge in [0.25, 0.3) is 5.91 Å². The summed E-state index contributed by atoms with van der Waals surface area (Å²) in [6, 6.07) is 6.80. The first-order valence-corrected chi connectivity index (χ1v) is 10.9. The van der Waals surface area contributed by atoms with Crippen LogP contribution in [0.1, 0.15) is 25.3 Å². The van der Waals surface area contributed by atoms with Gasteiger partial charge in [-0.25, -0.2) is 22.7 Å². The van der Waals surface area contributed by atoms with Gasteiger partial charge in [-0.15, -0.1) is 0 Å². The predicted octanol–water partition coefficient (Wildman–Crippen LogP) is 1.95. The molecule has 0 radical (unpaired) electrons. The van der Waals surface area contributed by atoms with Crippen LogP contribution < -0.4 is 10.2 Å². The van der Waals surface area contributed by atoms with Gasteiger partial charge in [0, 0.05) is 18.2 Å². The Kier molecular flexibility index (Phi) is 6.60. The van der Waals surface area contributed by atoms with Crippen LogP contribution in [0.2, 0.25) is 0 Å². The summed E-state index contributed by atoms with van der Waals surface area (Å²) < 4.78 is 59.2. The maximum absolute atomic E-state index is 13.7. The van der Waals surface area contributed by atoms with Gasteiger partial charge in [0.1, 0.15) is 30.0 Å². The number of hydrogen-bond donors (Lipinski definition) is 3. The molecule has 0 bridgehead atoms. The molecular weight excluding hydrogens is 434 g/mol. The van der Waals surface area contributed by atoms with Crippen molar-refractivity contribution in [3.63, 3.8) is 0 Å². The van der Waals surface area contributed by atoms with Crippen LogP contribution in [0.4, 0.5) is 8.78 Å². The summed E-state index contributed by atoms with van der Waals surface area (Å²) in [6.07, 6.45) is 0.510. The van der Waals surface area contributed by atoms with Crippen LogP contribution in [0.3, 0.4) is 0 Å². The minimum absolute atomic E-state index is 0.0152. The Hall–Kier alpha value is -2.60. The largest absolute Gasteiger partial charge is 0.489 e. The number of rotatable bonds is 6. The highest BCUT2D eigenvalue weighted by atomic mass is 32.2. The molecule has 0 aliphatic carbocycles. The van der Waals surface area contributed by atoms with Crippen molar-refractivity contribution >= 4 is 15.9 Å².